The van der Waals surface area contributed by atoms with E-state index in [4.69, 9.17) is 4.74 Å². The number of sulfone groups is 1. The Morgan fingerprint density at radius 2 is 1.97 bits per heavy atom. The van der Waals surface area contributed by atoms with E-state index in [-0.39, 0.29) is 28.3 Å². The number of pyridine rings is 1. The van der Waals surface area contributed by atoms with Crippen molar-refractivity contribution in [3.63, 3.8) is 0 Å². The van der Waals surface area contributed by atoms with Crippen LogP contribution in [0.4, 0.5) is 4.39 Å². The molecule has 1 atom stereocenters. The van der Waals surface area contributed by atoms with Gasteiger partial charge in [0.1, 0.15) is 11.0 Å². The van der Waals surface area contributed by atoms with Crippen molar-refractivity contribution < 1.29 is 22.3 Å². The van der Waals surface area contributed by atoms with E-state index in [0.717, 1.165) is 30.4 Å². The van der Waals surface area contributed by atoms with Crippen molar-refractivity contribution in [2.45, 2.75) is 54.7 Å². The minimum absolute atomic E-state index is 0.00266. The summed E-state index contributed by atoms with van der Waals surface area (Å²) in [7, 11) is -3.47. The van der Waals surface area contributed by atoms with Crippen LogP contribution in [0.1, 0.15) is 43.2 Å². The molecule has 0 amide bonds. The largest absolute Gasteiger partial charge is 0.381 e. The van der Waals surface area contributed by atoms with Crippen molar-refractivity contribution in [2.24, 2.45) is 5.92 Å². The number of hydrogen-bond donors (Lipinski definition) is 0. The topological polar surface area (TPSA) is 104 Å². The summed E-state index contributed by atoms with van der Waals surface area (Å²) in [5, 5.41) is 4.55. The first-order valence-electron chi connectivity index (χ1n) is 10.7. The molecular weight excluding hydrogens is 455 g/mol. The van der Waals surface area contributed by atoms with E-state index in [1.54, 1.807) is 10.9 Å². The average Bonchev–Trinajstić information content (AvgIpc) is 3.46. The van der Waals surface area contributed by atoms with Gasteiger partial charge in [-0.3, -0.25) is 14.5 Å². The van der Waals surface area contributed by atoms with Gasteiger partial charge in [0.15, 0.2) is 20.8 Å². The summed E-state index contributed by atoms with van der Waals surface area (Å²) in [6, 6.07) is -0.622. The maximum Gasteiger partial charge on any atom is 0.196 e. The van der Waals surface area contributed by atoms with Gasteiger partial charge < -0.3 is 4.74 Å². The van der Waals surface area contributed by atoms with E-state index in [9.17, 15) is 17.6 Å². The highest BCUT2D eigenvalue weighted by Crippen LogP contribution is 2.37. The lowest BCUT2D eigenvalue weighted by Gasteiger charge is -2.26. The number of carbonyl (C=O) groups is 1. The summed E-state index contributed by atoms with van der Waals surface area (Å²) >= 11 is 0.856. The van der Waals surface area contributed by atoms with Crippen LogP contribution in [0.15, 0.2) is 29.7 Å². The van der Waals surface area contributed by atoms with Gasteiger partial charge in [-0.05, 0) is 38.0 Å². The summed E-state index contributed by atoms with van der Waals surface area (Å²) in [6.07, 6.45) is 9.09. The first-order valence-corrected chi connectivity index (χ1v) is 13.1. The van der Waals surface area contributed by atoms with Crippen LogP contribution in [0.5, 0.6) is 0 Å². The molecule has 5 rings (SSSR count). The van der Waals surface area contributed by atoms with Crippen LogP contribution in [0.2, 0.25) is 0 Å². The van der Waals surface area contributed by atoms with Gasteiger partial charge in [0.2, 0.25) is 0 Å². The second kappa shape index (κ2) is 8.60. The Labute approximate surface area is 188 Å². The number of carbonyl (C=O) groups excluding carboxylic acids is 1. The minimum Gasteiger partial charge on any atom is -0.381 e. The van der Waals surface area contributed by atoms with Crippen LogP contribution < -0.4 is 0 Å². The zero-order chi connectivity index (χ0) is 22.3. The van der Waals surface area contributed by atoms with Gasteiger partial charge in [-0.25, -0.2) is 13.4 Å². The van der Waals surface area contributed by atoms with E-state index in [1.807, 2.05) is 0 Å². The number of ketones is 1. The molecule has 0 unspecified atom stereocenters. The quantitative estimate of drug-likeness (QED) is 0.490. The fraction of sp³-hybridized carbons (Fsp3) is 0.524. The number of thiazole rings is 1. The fourth-order valence-electron chi connectivity index (χ4n) is 4.27. The maximum atomic E-state index is 13.4. The Morgan fingerprint density at radius 3 is 2.66 bits per heavy atom. The SMILES string of the molecule is O=C(Cc1ncc(F)s1)[C@@H](CC1CCOCC1)n1ncc2c(S(=O)(=O)C3CC3)cncc21. The molecule has 1 saturated heterocycles. The number of fused-ring (bicyclic) bond motifs is 1. The zero-order valence-electron chi connectivity index (χ0n) is 17.3. The molecule has 8 nitrogen and oxygen atoms in total. The molecular formula is C21H23FN4O4S2. The van der Waals surface area contributed by atoms with Crippen LogP contribution >= 0.6 is 11.3 Å². The van der Waals surface area contributed by atoms with Crippen LogP contribution in [-0.4, -0.2) is 52.4 Å². The Bertz CT molecular complexity index is 1250. The van der Waals surface area contributed by atoms with Gasteiger partial charge in [-0.1, -0.05) is 11.3 Å². The zero-order valence-corrected chi connectivity index (χ0v) is 18.9. The molecule has 0 bridgehead atoms. The summed E-state index contributed by atoms with van der Waals surface area (Å²) < 4.78 is 46.2. The predicted molar refractivity (Wildman–Crippen MR) is 116 cm³/mol. The summed E-state index contributed by atoms with van der Waals surface area (Å²) in [5.74, 6) is 0.141. The van der Waals surface area contributed by atoms with Crippen LogP contribution in [-0.2, 0) is 25.8 Å². The van der Waals surface area contributed by atoms with Crippen LogP contribution in [0, 0.1) is 11.0 Å². The van der Waals surface area contributed by atoms with E-state index in [0.29, 0.717) is 48.4 Å². The molecule has 32 heavy (non-hydrogen) atoms. The molecule has 1 aliphatic carbocycles. The lowest BCUT2D eigenvalue weighted by atomic mass is 9.90. The number of rotatable bonds is 8. The van der Waals surface area contributed by atoms with E-state index in [1.165, 1.54) is 12.4 Å². The molecule has 0 N–H and O–H groups in total. The van der Waals surface area contributed by atoms with Crippen molar-refractivity contribution in [3.05, 3.63) is 34.9 Å². The molecule has 1 aliphatic heterocycles. The van der Waals surface area contributed by atoms with E-state index < -0.39 is 21.0 Å². The molecule has 3 aromatic heterocycles. The Morgan fingerprint density at radius 1 is 1.19 bits per heavy atom. The molecule has 170 valence electrons. The fourth-order valence-corrected chi connectivity index (χ4v) is 6.71. The highest BCUT2D eigenvalue weighted by molar-refractivity contribution is 7.92. The van der Waals surface area contributed by atoms with Gasteiger partial charge in [-0.15, -0.1) is 0 Å². The van der Waals surface area contributed by atoms with Crippen molar-refractivity contribution in [1.82, 2.24) is 19.7 Å². The number of ether oxygens (including phenoxy) is 1. The smallest absolute Gasteiger partial charge is 0.196 e. The molecule has 2 fully saturated rings. The third-order valence-corrected chi connectivity index (χ3v) is 9.25. The second-order valence-corrected chi connectivity index (χ2v) is 11.7. The molecule has 0 aromatic carbocycles. The van der Waals surface area contributed by atoms with Gasteiger partial charge >= 0.3 is 0 Å². The summed E-state index contributed by atoms with van der Waals surface area (Å²) in [5.41, 5.74) is 0.516. The van der Waals surface area contributed by atoms with Gasteiger partial charge in [0.25, 0.3) is 0 Å². The molecule has 0 spiro atoms. The molecule has 3 aromatic rings. The van der Waals surface area contributed by atoms with Crippen molar-refractivity contribution >= 4 is 37.9 Å². The summed E-state index contributed by atoms with van der Waals surface area (Å²) in [4.78, 5) is 21.7. The standard InChI is InChI=1S/C21H23FN4O4S2/c22-20-12-24-21(31-20)8-18(27)16(7-13-3-5-30-6-4-13)26-17-10-23-11-19(15(17)9-25-26)32(28,29)14-1-2-14/h9-14,16H,1-8H2/t16-/m1/s1. The molecule has 11 heteroatoms. The van der Waals surface area contributed by atoms with Crippen LogP contribution in [0.3, 0.4) is 0 Å². The van der Waals surface area contributed by atoms with Gasteiger partial charge in [0.05, 0.1) is 40.7 Å². The lowest BCUT2D eigenvalue weighted by molar-refractivity contribution is -0.122. The number of hydrogen-bond acceptors (Lipinski definition) is 8. The minimum atomic E-state index is -3.47. The molecule has 0 radical (unpaired) electrons. The monoisotopic (exact) mass is 478 g/mol. The van der Waals surface area contributed by atoms with E-state index >= 15 is 0 Å². The third-order valence-electron chi connectivity index (χ3n) is 6.17. The highest BCUT2D eigenvalue weighted by Gasteiger charge is 2.39. The lowest BCUT2D eigenvalue weighted by Crippen LogP contribution is -2.27. The predicted octanol–water partition coefficient (Wildman–Crippen LogP) is 3.13. The second-order valence-electron chi connectivity index (χ2n) is 8.41. The first kappa shape index (κ1) is 21.6. The normalized spacial score (nSPS) is 18.8. The first-order chi connectivity index (χ1) is 15.4. The molecule has 2 aliphatic rings. The van der Waals surface area contributed by atoms with Gasteiger partial charge in [0, 0.05) is 24.8 Å². The number of Topliss-reactive ketones (excluding diaryl/α,β-unsaturated/α-hetero) is 1. The number of aromatic nitrogens is 4. The number of nitrogens with zero attached hydrogens (tertiary/aromatic N) is 4. The highest BCUT2D eigenvalue weighted by atomic mass is 32.2. The van der Waals surface area contributed by atoms with E-state index in [2.05, 4.69) is 15.1 Å². The maximum absolute atomic E-state index is 13.4. The molecule has 4 heterocycles. The van der Waals surface area contributed by atoms with Crippen LogP contribution in [0.25, 0.3) is 10.9 Å². The Kier molecular flexibility index (Phi) is 5.81. The average molecular weight is 479 g/mol. The Hall–Kier alpha value is -2.24. The third kappa shape index (κ3) is 4.20. The molecule has 1 saturated carbocycles. The number of halogens is 1. The summed E-state index contributed by atoms with van der Waals surface area (Å²) in [6.45, 7) is 1.29. The van der Waals surface area contributed by atoms with Gasteiger partial charge in [-0.2, -0.15) is 9.49 Å². The van der Waals surface area contributed by atoms with Crippen molar-refractivity contribution in [2.75, 3.05) is 13.2 Å². The van der Waals surface area contributed by atoms with Crippen molar-refractivity contribution in [3.8, 4) is 0 Å². The Balaban J connectivity index is 1.52. The van der Waals surface area contributed by atoms with Crippen molar-refractivity contribution in [1.29, 1.82) is 0 Å².